The first-order valence-corrected chi connectivity index (χ1v) is 8.81. The zero-order chi connectivity index (χ0) is 16.7. The van der Waals surface area contributed by atoms with Gasteiger partial charge in [-0.15, -0.1) is 0 Å². The highest BCUT2D eigenvalue weighted by molar-refractivity contribution is 4.65. The van der Waals surface area contributed by atoms with Crippen molar-refractivity contribution in [2.24, 2.45) is 5.92 Å². The molecule has 2 rings (SSSR count). The zero-order valence-electron chi connectivity index (χ0n) is 16.3. The molecular formula is C18H43N3. The fourth-order valence-electron chi connectivity index (χ4n) is 1.44. The highest BCUT2D eigenvalue weighted by Gasteiger charge is 2.12. The smallest absolute Gasteiger partial charge is 0.00188 e. The van der Waals surface area contributed by atoms with Crippen molar-refractivity contribution >= 4 is 0 Å². The van der Waals surface area contributed by atoms with E-state index in [0.29, 0.717) is 0 Å². The largest absolute Gasteiger partial charge is 0.312 e. The van der Waals surface area contributed by atoms with Crippen LogP contribution in [0.4, 0.5) is 0 Å². The molecule has 1 saturated carbocycles. The summed E-state index contributed by atoms with van der Waals surface area (Å²) in [7, 11) is 10.1. The molecule has 0 aromatic carbocycles. The average Bonchev–Trinajstić information content (AvgIpc) is 3.23. The van der Waals surface area contributed by atoms with Gasteiger partial charge in [0.1, 0.15) is 0 Å². The highest BCUT2D eigenvalue weighted by Crippen LogP contribution is 2.26. The standard InChI is InChI=1S/C7H15N.C4H11N.C4H8.C3H9N/c1-2-8-6-4-3-5-7-8;1-4-5(2)3;1-4-2-3-4;1-4(2)3/h2-7H2,1H3;4H2,1-3H3;4H,2-3H2,1H3;1-3H3. The third-order valence-electron chi connectivity index (χ3n) is 3.39. The van der Waals surface area contributed by atoms with E-state index < -0.39 is 0 Å². The Balaban J connectivity index is 0. The summed E-state index contributed by atoms with van der Waals surface area (Å²) in [5.41, 5.74) is 0. The Morgan fingerprint density at radius 2 is 1.19 bits per heavy atom. The van der Waals surface area contributed by atoms with Crippen molar-refractivity contribution in [2.45, 2.75) is 52.9 Å². The van der Waals surface area contributed by atoms with Gasteiger partial charge >= 0.3 is 0 Å². The van der Waals surface area contributed by atoms with E-state index in [-0.39, 0.29) is 0 Å². The Labute approximate surface area is 135 Å². The van der Waals surface area contributed by atoms with Crippen LogP contribution in [0.1, 0.15) is 52.9 Å². The Hall–Kier alpha value is -0.120. The van der Waals surface area contributed by atoms with Crippen LogP contribution >= 0.6 is 0 Å². The van der Waals surface area contributed by atoms with Crippen molar-refractivity contribution in [3.8, 4) is 0 Å². The molecule has 0 aromatic heterocycles. The van der Waals surface area contributed by atoms with E-state index in [1.165, 1.54) is 51.7 Å². The van der Waals surface area contributed by atoms with Crippen LogP contribution in [0.3, 0.4) is 0 Å². The third-order valence-corrected chi connectivity index (χ3v) is 3.39. The Kier molecular flexibility index (Phi) is 17.9. The summed E-state index contributed by atoms with van der Waals surface area (Å²) in [6.07, 6.45) is 7.28. The zero-order valence-corrected chi connectivity index (χ0v) is 16.3. The van der Waals surface area contributed by atoms with Crippen LogP contribution in [0.25, 0.3) is 0 Å². The van der Waals surface area contributed by atoms with Gasteiger partial charge in [-0.25, -0.2) is 0 Å². The van der Waals surface area contributed by atoms with Gasteiger partial charge in [0, 0.05) is 0 Å². The second-order valence-corrected chi connectivity index (χ2v) is 6.91. The summed E-state index contributed by atoms with van der Waals surface area (Å²) < 4.78 is 0. The fraction of sp³-hybridized carbons (Fsp3) is 1.00. The first-order chi connectivity index (χ1) is 9.83. The second-order valence-electron chi connectivity index (χ2n) is 6.91. The van der Waals surface area contributed by atoms with Gasteiger partial charge < -0.3 is 14.7 Å². The van der Waals surface area contributed by atoms with Crippen LogP contribution in [0.15, 0.2) is 0 Å². The fourth-order valence-corrected chi connectivity index (χ4v) is 1.44. The molecule has 1 aliphatic carbocycles. The molecule has 0 amide bonds. The van der Waals surface area contributed by atoms with E-state index in [1.807, 2.05) is 26.0 Å². The average molecular weight is 302 g/mol. The molecule has 0 atom stereocenters. The van der Waals surface area contributed by atoms with Gasteiger partial charge in [-0.05, 0) is 80.2 Å². The molecule has 1 aliphatic heterocycles. The van der Waals surface area contributed by atoms with Crippen LogP contribution in [0.5, 0.6) is 0 Å². The molecule has 0 unspecified atom stereocenters. The van der Waals surface area contributed by atoms with Crippen molar-refractivity contribution in [2.75, 3.05) is 61.4 Å². The van der Waals surface area contributed by atoms with E-state index in [1.54, 1.807) is 0 Å². The number of likely N-dealkylation sites (tertiary alicyclic amines) is 1. The minimum Gasteiger partial charge on any atom is -0.312 e. The van der Waals surface area contributed by atoms with Crippen LogP contribution in [0.2, 0.25) is 0 Å². The lowest BCUT2D eigenvalue weighted by Crippen LogP contribution is -2.29. The second kappa shape index (κ2) is 16.3. The van der Waals surface area contributed by atoms with Crippen LogP contribution in [0, 0.1) is 5.92 Å². The van der Waals surface area contributed by atoms with E-state index >= 15 is 0 Å². The lowest BCUT2D eigenvalue weighted by molar-refractivity contribution is 0.240. The predicted octanol–water partition coefficient (Wildman–Crippen LogP) is 3.65. The molecule has 0 bridgehead atoms. The van der Waals surface area contributed by atoms with Gasteiger partial charge in [0.05, 0.1) is 0 Å². The summed E-state index contributed by atoms with van der Waals surface area (Å²) in [5.74, 6) is 1.08. The number of rotatable bonds is 2. The molecule has 0 N–H and O–H groups in total. The molecule has 1 heterocycles. The maximum absolute atomic E-state index is 2.52. The Bertz CT molecular complexity index is 180. The van der Waals surface area contributed by atoms with Gasteiger partial charge in [-0.1, -0.05) is 40.0 Å². The minimum absolute atomic E-state index is 1.08. The number of piperidine rings is 1. The van der Waals surface area contributed by atoms with Gasteiger partial charge in [-0.3, -0.25) is 0 Å². The first kappa shape index (κ1) is 23.2. The highest BCUT2D eigenvalue weighted by atomic mass is 15.1. The van der Waals surface area contributed by atoms with Crippen molar-refractivity contribution < 1.29 is 0 Å². The van der Waals surface area contributed by atoms with Gasteiger partial charge in [-0.2, -0.15) is 0 Å². The van der Waals surface area contributed by atoms with Crippen LogP contribution in [-0.2, 0) is 0 Å². The third kappa shape index (κ3) is 28.7. The molecule has 21 heavy (non-hydrogen) atoms. The van der Waals surface area contributed by atoms with Crippen molar-refractivity contribution in [3.05, 3.63) is 0 Å². The molecular weight excluding hydrogens is 258 g/mol. The van der Waals surface area contributed by atoms with Crippen molar-refractivity contribution in [1.29, 1.82) is 0 Å². The summed E-state index contributed by atoms with van der Waals surface area (Å²) in [4.78, 5) is 6.64. The van der Waals surface area contributed by atoms with Gasteiger partial charge in [0.2, 0.25) is 0 Å². The predicted molar refractivity (Wildman–Crippen MR) is 98.2 cm³/mol. The molecule has 0 spiro atoms. The Morgan fingerprint density at radius 1 is 0.857 bits per heavy atom. The van der Waals surface area contributed by atoms with Gasteiger partial charge in [0.25, 0.3) is 0 Å². The molecule has 3 nitrogen and oxygen atoms in total. The van der Waals surface area contributed by atoms with E-state index in [0.717, 1.165) is 12.5 Å². The minimum atomic E-state index is 1.08. The molecule has 2 aliphatic rings. The van der Waals surface area contributed by atoms with E-state index in [2.05, 4.69) is 44.7 Å². The monoisotopic (exact) mass is 301 g/mol. The molecule has 0 radical (unpaired) electrons. The Morgan fingerprint density at radius 3 is 1.33 bits per heavy atom. The quantitative estimate of drug-likeness (QED) is 0.771. The molecule has 2 fully saturated rings. The lowest BCUT2D eigenvalue weighted by atomic mass is 10.1. The number of hydrogen-bond donors (Lipinski definition) is 0. The SMILES string of the molecule is CC1CC1.CCN(C)C.CCN1CCCCC1.CN(C)C. The first-order valence-electron chi connectivity index (χ1n) is 8.81. The summed E-state index contributed by atoms with van der Waals surface area (Å²) in [5, 5.41) is 0. The molecule has 0 aromatic rings. The summed E-state index contributed by atoms with van der Waals surface area (Å²) in [6.45, 7) is 11.7. The summed E-state index contributed by atoms with van der Waals surface area (Å²) >= 11 is 0. The molecule has 1 saturated heterocycles. The van der Waals surface area contributed by atoms with Crippen molar-refractivity contribution in [3.63, 3.8) is 0 Å². The summed E-state index contributed by atoms with van der Waals surface area (Å²) in [6, 6.07) is 0. The molecule has 130 valence electrons. The van der Waals surface area contributed by atoms with E-state index in [9.17, 15) is 0 Å². The number of hydrogen-bond acceptors (Lipinski definition) is 3. The normalized spacial score (nSPS) is 18.0. The van der Waals surface area contributed by atoms with Crippen LogP contribution in [-0.4, -0.2) is 76.1 Å². The number of nitrogens with zero attached hydrogens (tertiary/aromatic N) is 3. The van der Waals surface area contributed by atoms with Crippen molar-refractivity contribution in [1.82, 2.24) is 14.7 Å². The maximum Gasteiger partial charge on any atom is -0.00188 e. The topological polar surface area (TPSA) is 9.72 Å². The molecule has 3 heteroatoms. The van der Waals surface area contributed by atoms with Gasteiger partial charge in [0.15, 0.2) is 0 Å². The lowest BCUT2D eigenvalue weighted by Gasteiger charge is -2.24. The van der Waals surface area contributed by atoms with E-state index in [4.69, 9.17) is 0 Å². The maximum atomic E-state index is 2.52. The van der Waals surface area contributed by atoms with Crippen LogP contribution < -0.4 is 0 Å².